The molecule has 0 radical (unpaired) electrons. The molecule has 0 amide bonds. The third-order valence-corrected chi connectivity index (χ3v) is 8.72. The van der Waals surface area contributed by atoms with Crippen molar-refractivity contribution in [3.63, 3.8) is 0 Å². The molecule has 0 saturated carbocycles. The summed E-state index contributed by atoms with van der Waals surface area (Å²) >= 11 is 0. The Kier molecular flexibility index (Phi) is 10.4. The molecule has 0 bridgehead atoms. The summed E-state index contributed by atoms with van der Waals surface area (Å²) in [4.78, 5) is 2.23. The zero-order chi connectivity index (χ0) is 25.5. The topological polar surface area (TPSA) is 77.8 Å². The van der Waals surface area contributed by atoms with Crippen LogP contribution in [0.2, 0.25) is 0 Å². The highest BCUT2D eigenvalue weighted by Crippen LogP contribution is 2.37. The first-order chi connectivity index (χ1) is 16.0. The summed E-state index contributed by atoms with van der Waals surface area (Å²) in [5.74, 6) is 0.309. The molecule has 0 fully saturated rings. The molecule has 6 heteroatoms. The van der Waals surface area contributed by atoms with Gasteiger partial charge in [-0.3, -0.25) is 0 Å². The number of aliphatic hydroxyl groups excluding tert-OH is 1. The van der Waals surface area contributed by atoms with Crippen molar-refractivity contribution in [2.75, 3.05) is 24.7 Å². The molecule has 2 aromatic carbocycles. The Hall–Kier alpha value is -2.05. The molecule has 0 heterocycles. The number of sulfone groups is 1. The van der Waals surface area contributed by atoms with Gasteiger partial charge in [0.15, 0.2) is 9.84 Å². The summed E-state index contributed by atoms with van der Waals surface area (Å²) in [5.41, 5.74) is 2.24. The Labute approximate surface area is 206 Å². The Bertz CT molecular complexity index is 1000. The van der Waals surface area contributed by atoms with Crippen LogP contribution in [-0.4, -0.2) is 44.6 Å². The number of phenols is 1. The maximum Gasteiger partial charge on any atom is 0.178 e. The van der Waals surface area contributed by atoms with Crippen molar-refractivity contribution in [3.8, 4) is 5.75 Å². The fraction of sp³-hybridized carbons (Fsp3) is 0.571. The number of benzene rings is 2. The first-order valence-electron chi connectivity index (χ1n) is 12.5. The van der Waals surface area contributed by atoms with Crippen molar-refractivity contribution >= 4 is 15.5 Å². The quantitative estimate of drug-likeness (QED) is 0.361. The van der Waals surface area contributed by atoms with Crippen molar-refractivity contribution in [3.05, 3.63) is 53.6 Å². The average Bonchev–Trinajstić information content (AvgIpc) is 2.78. The Morgan fingerprint density at radius 3 is 2.18 bits per heavy atom. The fourth-order valence-corrected chi connectivity index (χ4v) is 6.56. The van der Waals surface area contributed by atoms with Gasteiger partial charge >= 0.3 is 0 Å². The first-order valence-corrected chi connectivity index (χ1v) is 14.2. The molecule has 0 spiro atoms. The smallest absolute Gasteiger partial charge is 0.178 e. The highest BCUT2D eigenvalue weighted by Gasteiger charge is 2.30. The molecular weight excluding hydrogens is 446 g/mol. The summed E-state index contributed by atoms with van der Waals surface area (Å²) < 4.78 is 27.7. The third-order valence-electron chi connectivity index (χ3n) is 6.77. The van der Waals surface area contributed by atoms with Crippen LogP contribution in [0, 0.1) is 11.8 Å². The molecule has 0 aliphatic heterocycles. The minimum atomic E-state index is -3.59. The predicted molar refractivity (Wildman–Crippen MR) is 142 cm³/mol. The number of hydrogen-bond donors (Lipinski definition) is 2. The Morgan fingerprint density at radius 2 is 1.65 bits per heavy atom. The van der Waals surface area contributed by atoms with Crippen molar-refractivity contribution in [1.82, 2.24) is 0 Å². The maximum atomic E-state index is 13.9. The lowest BCUT2D eigenvalue weighted by Crippen LogP contribution is -2.24. The van der Waals surface area contributed by atoms with E-state index in [-0.39, 0.29) is 17.4 Å². The van der Waals surface area contributed by atoms with Crippen LogP contribution >= 0.6 is 0 Å². The standard InChI is InChI=1S/C28H43NO4S/c1-7-9-10-22(17-20(3)8-2)19-34(32,33)27-16-13-24(29(5)6)18-26(27)28(21(4)30)23-11-14-25(31)15-12-23/h11-16,18,20-22,28,30-31H,7-10,17,19H2,1-6H3/t20?,21-,22?,28+/m0/s1. The molecule has 2 aromatic rings. The van der Waals surface area contributed by atoms with Crippen LogP contribution in [0.3, 0.4) is 0 Å². The molecular formula is C28H43NO4S. The van der Waals surface area contributed by atoms with E-state index < -0.39 is 21.9 Å². The summed E-state index contributed by atoms with van der Waals surface area (Å²) in [6, 6.07) is 12.1. The third kappa shape index (κ3) is 7.47. The van der Waals surface area contributed by atoms with Crippen LogP contribution in [0.15, 0.2) is 47.4 Å². The molecule has 5 nitrogen and oxygen atoms in total. The van der Waals surface area contributed by atoms with E-state index in [4.69, 9.17) is 0 Å². The van der Waals surface area contributed by atoms with Crippen molar-refractivity contribution in [2.24, 2.45) is 11.8 Å². The van der Waals surface area contributed by atoms with Gasteiger partial charge in [0.25, 0.3) is 0 Å². The van der Waals surface area contributed by atoms with Crippen molar-refractivity contribution < 1.29 is 18.6 Å². The lowest BCUT2D eigenvalue weighted by atomic mass is 9.87. The van der Waals surface area contributed by atoms with Crippen LogP contribution in [0.25, 0.3) is 0 Å². The van der Waals surface area contributed by atoms with Gasteiger partial charge < -0.3 is 15.1 Å². The average molecular weight is 490 g/mol. The molecule has 0 saturated heterocycles. The van der Waals surface area contributed by atoms with Gasteiger partial charge in [-0.15, -0.1) is 0 Å². The van der Waals surface area contributed by atoms with Gasteiger partial charge in [0, 0.05) is 25.7 Å². The largest absolute Gasteiger partial charge is 0.508 e. The number of unbranched alkanes of at least 4 members (excludes halogenated alkanes) is 1. The number of hydrogen-bond acceptors (Lipinski definition) is 5. The van der Waals surface area contributed by atoms with Gasteiger partial charge in [-0.2, -0.15) is 0 Å². The van der Waals surface area contributed by atoms with Crippen LogP contribution in [0.1, 0.15) is 76.8 Å². The van der Waals surface area contributed by atoms with Crippen molar-refractivity contribution in [1.29, 1.82) is 0 Å². The van der Waals surface area contributed by atoms with E-state index in [0.29, 0.717) is 16.4 Å². The maximum absolute atomic E-state index is 13.9. The van der Waals surface area contributed by atoms with Gasteiger partial charge in [-0.1, -0.05) is 52.2 Å². The summed E-state index contributed by atoms with van der Waals surface area (Å²) in [7, 11) is 0.239. The molecule has 4 atom stereocenters. The zero-order valence-electron chi connectivity index (χ0n) is 21.7. The molecule has 0 aliphatic rings. The minimum Gasteiger partial charge on any atom is -0.508 e. The number of phenolic OH excluding ortho intramolecular Hbond substituents is 1. The van der Waals surface area contributed by atoms with E-state index in [1.807, 2.05) is 31.1 Å². The predicted octanol–water partition coefficient (Wildman–Crippen LogP) is 5.99. The highest BCUT2D eigenvalue weighted by atomic mass is 32.2. The van der Waals surface area contributed by atoms with E-state index in [2.05, 4.69) is 20.8 Å². The van der Waals surface area contributed by atoms with E-state index in [0.717, 1.165) is 43.4 Å². The first kappa shape index (κ1) is 28.2. The second-order valence-electron chi connectivity index (χ2n) is 9.97. The monoisotopic (exact) mass is 489 g/mol. The van der Waals surface area contributed by atoms with E-state index in [9.17, 15) is 18.6 Å². The van der Waals surface area contributed by atoms with Gasteiger partial charge in [-0.05, 0) is 73.1 Å². The van der Waals surface area contributed by atoms with Crippen LogP contribution in [0.5, 0.6) is 5.75 Å². The number of nitrogens with zero attached hydrogens (tertiary/aromatic N) is 1. The second kappa shape index (κ2) is 12.6. The van der Waals surface area contributed by atoms with Gasteiger partial charge in [0.1, 0.15) is 5.75 Å². The van der Waals surface area contributed by atoms with Crippen LogP contribution in [-0.2, 0) is 9.84 Å². The molecule has 0 aromatic heterocycles. The minimum absolute atomic E-state index is 0.111. The number of aromatic hydroxyl groups is 1. The molecule has 190 valence electrons. The lowest BCUT2D eigenvalue weighted by Gasteiger charge is -2.27. The summed E-state index contributed by atoms with van der Waals surface area (Å²) in [6.45, 7) is 8.16. The van der Waals surface area contributed by atoms with Gasteiger partial charge in [-0.25, -0.2) is 8.42 Å². The molecule has 2 unspecified atom stereocenters. The fourth-order valence-electron chi connectivity index (χ4n) is 4.64. The summed E-state index contributed by atoms with van der Waals surface area (Å²) in [5, 5.41) is 20.5. The van der Waals surface area contributed by atoms with E-state index in [1.54, 1.807) is 37.3 Å². The van der Waals surface area contributed by atoms with Crippen molar-refractivity contribution in [2.45, 2.75) is 76.7 Å². The van der Waals surface area contributed by atoms with Crippen LogP contribution < -0.4 is 4.90 Å². The van der Waals surface area contributed by atoms with Crippen LogP contribution in [0.4, 0.5) is 5.69 Å². The SMILES string of the molecule is CCCCC(CC(C)CC)CS(=O)(=O)c1ccc(N(C)C)cc1[C@@H](c1ccc(O)cc1)[C@H](C)O. The Balaban J connectivity index is 2.59. The van der Waals surface area contributed by atoms with E-state index in [1.165, 1.54) is 0 Å². The Morgan fingerprint density at radius 1 is 1.00 bits per heavy atom. The lowest BCUT2D eigenvalue weighted by molar-refractivity contribution is 0.175. The normalized spacial score (nSPS) is 15.5. The molecule has 34 heavy (non-hydrogen) atoms. The number of aliphatic hydroxyl groups is 1. The number of anilines is 1. The summed E-state index contributed by atoms with van der Waals surface area (Å²) in [6.07, 6.45) is 4.10. The number of rotatable bonds is 13. The zero-order valence-corrected chi connectivity index (χ0v) is 22.5. The van der Waals surface area contributed by atoms with E-state index >= 15 is 0 Å². The van der Waals surface area contributed by atoms with Gasteiger partial charge in [0.05, 0.1) is 16.8 Å². The molecule has 2 N–H and O–H groups in total. The second-order valence-corrected chi connectivity index (χ2v) is 12.0. The molecule has 0 aliphatic carbocycles. The highest BCUT2D eigenvalue weighted by molar-refractivity contribution is 7.91. The van der Waals surface area contributed by atoms with Gasteiger partial charge in [0.2, 0.25) is 0 Å². The molecule has 2 rings (SSSR count).